The second-order valence-corrected chi connectivity index (χ2v) is 5.14. The second-order valence-electron chi connectivity index (χ2n) is 4.33. The van der Waals surface area contributed by atoms with Crippen LogP contribution in [-0.4, -0.2) is 48.4 Å². The highest BCUT2D eigenvalue weighted by Gasteiger charge is 2.28. The van der Waals surface area contributed by atoms with E-state index in [9.17, 15) is 14.0 Å². The molecule has 1 aromatic rings. The second kappa shape index (κ2) is 6.70. The van der Waals surface area contributed by atoms with Crippen LogP contribution in [0.4, 0.5) is 19.8 Å². The lowest BCUT2D eigenvalue weighted by Crippen LogP contribution is -2.32. The third-order valence-electron chi connectivity index (χ3n) is 2.80. The number of alkyl halides is 1. The highest BCUT2D eigenvalue weighted by atomic mass is 79.9. The molecule has 0 aromatic carbocycles. The Hall–Kier alpha value is -1.90. The van der Waals surface area contributed by atoms with Gasteiger partial charge in [0.25, 0.3) is 0 Å². The number of methoxy groups -OCH3 is 1. The Morgan fingerprint density at radius 1 is 1.52 bits per heavy atom. The molecule has 9 heteroatoms. The zero-order chi connectivity index (χ0) is 15.4. The summed E-state index contributed by atoms with van der Waals surface area (Å²) < 4.78 is 23.0. The van der Waals surface area contributed by atoms with Gasteiger partial charge in [0.05, 0.1) is 13.7 Å². The highest BCUT2D eigenvalue weighted by molar-refractivity contribution is 9.10. The number of anilines is 1. The van der Waals surface area contributed by atoms with Crippen molar-refractivity contribution in [2.45, 2.75) is 12.6 Å². The van der Waals surface area contributed by atoms with E-state index >= 15 is 0 Å². The number of carbonyl (C=O) groups is 2. The van der Waals surface area contributed by atoms with E-state index in [1.165, 1.54) is 13.2 Å². The van der Waals surface area contributed by atoms with Crippen LogP contribution in [0.2, 0.25) is 0 Å². The first kappa shape index (κ1) is 15.5. The summed E-state index contributed by atoms with van der Waals surface area (Å²) >= 11 is 3.15. The van der Waals surface area contributed by atoms with Gasteiger partial charge in [-0.25, -0.2) is 19.0 Å². The summed E-state index contributed by atoms with van der Waals surface area (Å²) in [5.74, 6) is 0.627. The molecule has 2 rings (SSSR count). The van der Waals surface area contributed by atoms with Crippen molar-refractivity contribution in [1.29, 1.82) is 0 Å². The van der Waals surface area contributed by atoms with E-state index < -0.39 is 18.4 Å². The standard InChI is InChI=1S/C12H13BrFN3O4/c1-20-8-4-9(13)15-10(5-8)16-11(18)21-12(19)17-3-2-7(14)6-17/h4-5,7H,2-3,6H2,1H3,(H,15,16,18). The summed E-state index contributed by atoms with van der Waals surface area (Å²) in [6.45, 7) is 0.172. The van der Waals surface area contributed by atoms with Crippen molar-refractivity contribution in [2.75, 3.05) is 25.5 Å². The fourth-order valence-electron chi connectivity index (χ4n) is 1.81. The molecule has 21 heavy (non-hydrogen) atoms. The molecule has 1 saturated heterocycles. The van der Waals surface area contributed by atoms with Gasteiger partial charge in [-0.3, -0.25) is 5.32 Å². The lowest BCUT2D eigenvalue weighted by Gasteiger charge is -2.14. The Labute approximate surface area is 128 Å². The number of hydrogen-bond donors (Lipinski definition) is 1. The smallest absolute Gasteiger partial charge is 0.421 e. The maximum absolute atomic E-state index is 13.0. The van der Waals surface area contributed by atoms with E-state index in [-0.39, 0.29) is 25.3 Å². The monoisotopic (exact) mass is 361 g/mol. The third-order valence-corrected chi connectivity index (χ3v) is 3.21. The van der Waals surface area contributed by atoms with Crippen molar-refractivity contribution in [1.82, 2.24) is 9.88 Å². The number of ether oxygens (including phenoxy) is 2. The molecule has 0 saturated carbocycles. The molecular formula is C12H13BrFN3O4. The summed E-state index contributed by atoms with van der Waals surface area (Å²) in [6, 6.07) is 3.07. The van der Waals surface area contributed by atoms with Gasteiger partial charge in [-0.2, -0.15) is 0 Å². The van der Waals surface area contributed by atoms with Gasteiger partial charge in [-0.1, -0.05) is 0 Å². The average Bonchev–Trinajstić information content (AvgIpc) is 2.84. The van der Waals surface area contributed by atoms with Crippen molar-refractivity contribution >= 4 is 33.9 Å². The number of aromatic nitrogens is 1. The minimum absolute atomic E-state index is 0.0604. The molecule has 1 aromatic heterocycles. The summed E-state index contributed by atoms with van der Waals surface area (Å²) in [4.78, 5) is 28.3. The number of rotatable bonds is 2. The Balaban J connectivity index is 1.92. The van der Waals surface area contributed by atoms with E-state index in [2.05, 4.69) is 31.0 Å². The Morgan fingerprint density at radius 2 is 2.29 bits per heavy atom. The summed E-state index contributed by atoms with van der Waals surface area (Å²) in [5, 5.41) is 2.30. The maximum Gasteiger partial charge on any atom is 0.421 e. The fraction of sp³-hybridized carbons (Fsp3) is 0.417. The molecule has 1 atom stereocenters. The lowest BCUT2D eigenvalue weighted by molar-refractivity contribution is 0.129. The highest BCUT2D eigenvalue weighted by Crippen LogP contribution is 2.21. The van der Waals surface area contributed by atoms with Gasteiger partial charge in [0.15, 0.2) is 0 Å². The Morgan fingerprint density at radius 3 is 2.90 bits per heavy atom. The van der Waals surface area contributed by atoms with Crippen molar-refractivity contribution in [3.05, 3.63) is 16.7 Å². The number of pyridine rings is 1. The van der Waals surface area contributed by atoms with Gasteiger partial charge in [0, 0.05) is 18.7 Å². The minimum atomic E-state index is -1.07. The fourth-order valence-corrected chi connectivity index (χ4v) is 2.23. The molecule has 1 unspecified atom stereocenters. The van der Waals surface area contributed by atoms with Crippen LogP contribution in [0.1, 0.15) is 6.42 Å². The van der Waals surface area contributed by atoms with Gasteiger partial charge >= 0.3 is 12.2 Å². The van der Waals surface area contributed by atoms with Gasteiger partial charge in [0.1, 0.15) is 22.3 Å². The van der Waals surface area contributed by atoms with Crippen LogP contribution in [0.25, 0.3) is 0 Å². The minimum Gasteiger partial charge on any atom is -0.497 e. The number of amides is 2. The first-order chi connectivity index (χ1) is 9.97. The number of hydrogen-bond acceptors (Lipinski definition) is 5. The number of likely N-dealkylation sites (tertiary alicyclic amines) is 1. The van der Waals surface area contributed by atoms with Gasteiger partial charge < -0.3 is 14.4 Å². The third kappa shape index (κ3) is 4.28. The van der Waals surface area contributed by atoms with E-state index in [1.807, 2.05) is 0 Å². The van der Waals surface area contributed by atoms with Crippen LogP contribution in [0.15, 0.2) is 16.7 Å². The van der Waals surface area contributed by atoms with Crippen molar-refractivity contribution < 1.29 is 23.5 Å². The molecule has 1 aliphatic rings. The predicted octanol–water partition coefficient (Wildman–Crippen LogP) is 2.57. The maximum atomic E-state index is 13.0. The van der Waals surface area contributed by atoms with Crippen molar-refractivity contribution in [3.8, 4) is 5.75 Å². The largest absolute Gasteiger partial charge is 0.497 e. The van der Waals surface area contributed by atoms with Crippen LogP contribution < -0.4 is 10.1 Å². The molecule has 7 nitrogen and oxygen atoms in total. The van der Waals surface area contributed by atoms with Crippen LogP contribution in [0.5, 0.6) is 5.75 Å². The summed E-state index contributed by atoms with van der Waals surface area (Å²) in [7, 11) is 1.47. The number of nitrogens with zero attached hydrogens (tertiary/aromatic N) is 2. The van der Waals surface area contributed by atoms with Gasteiger partial charge in [0.2, 0.25) is 0 Å². The average molecular weight is 362 g/mol. The molecule has 2 amide bonds. The van der Waals surface area contributed by atoms with Gasteiger partial charge in [-0.15, -0.1) is 0 Å². The van der Waals surface area contributed by atoms with Crippen molar-refractivity contribution in [3.63, 3.8) is 0 Å². The zero-order valence-corrected chi connectivity index (χ0v) is 12.7. The topological polar surface area (TPSA) is 80.8 Å². The molecule has 1 N–H and O–H groups in total. The SMILES string of the molecule is COc1cc(Br)nc(NC(=O)OC(=O)N2CCC(F)C2)c1. The van der Waals surface area contributed by atoms with Gasteiger partial charge in [-0.05, 0) is 22.4 Å². The first-order valence-corrected chi connectivity index (χ1v) is 6.90. The van der Waals surface area contributed by atoms with Crippen LogP contribution in [0.3, 0.4) is 0 Å². The number of carbonyl (C=O) groups excluding carboxylic acids is 2. The molecule has 0 radical (unpaired) electrons. The Bertz CT molecular complexity index is 557. The van der Waals surface area contributed by atoms with Crippen LogP contribution >= 0.6 is 15.9 Å². The molecular weight excluding hydrogens is 349 g/mol. The Kier molecular flexibility index (Phi) is 4.94. The summed E-state index contributed by atoms with van der Waals surface area (Å²) in [6.07, 6.45) is -2.69. The predicted molar refractivity (Wildman–Crippen MR) is 75.1 cm³/mol. The quantitative estimate of drug-likeness (QED) is 0.646. The molecule has 2 heterocycles. The zero-order valence-electron chi connectivity index (χ0n) is 11.1. The molecule has 1 aliphatic heterocycles. The van der Waals surface area contributed by atoms with E-state index in [1.54, 1.807) is 6.07 Å². The molecule has 114 valence electrons. The first-order valence-electron chi connectivity index (χ1n) is 6.11. The molecule has 0 aliphatic carbocycles. The summed E-state index contributed by atoms with van der Waals surface area (Å²) in [5.41, 5.74) is 0. The molecule has 1 fully saturated rings. The van der Waals surface area contributed by atoms with Crippen LogP contribution in [-0.2, 0) is 4.74 Å². The van der Waals surface area contributed by atoms with Crippen molar-refractivity contribution in [2.24, 2.45) is 0 Å². The van der Waals surface area contributed by atoms with E-state index in [4.69, 9.17) is 4.74 Å². The molecule has 0 spiro atoms. The normalized spacial score (nSPS) is 17.5. The lowest BCUT2D eigenvalue weighted by atomic mass is 10.3. The van der Waals surface area contributed by atoms with E-state index in [0.29, 0.717) is 10.4 Å². The number of nitrogens with one attached hydrogen (secondary N) is 1. The van der Waals surface area contributed by atoms with Crippen LogP contribution in [0, 0.1) is 0 Å². The number of halogens is 2. The molecule has 0 bridgehead atoms. The van der Waals surface area contributed by atoms with E-state index in [0.717, 1.165) is 4.90 Å².